The third-order valence-corrected chi connectivity index (χ3v) is 5.33. The third kappa shape index (κ3) is 4.98. The number of aryl methyl sites for hydroxylation is 1. The smallest absolute Gasteiger partial charge is 0.257 e. The molecule has 0 radical (unpaired) electrons. The number of hydrogen-bond acceptors (Lipinski definition) is 4. The van der Waals surface area contributed by atoms with Crippen LogP contribution in [-0.4, -0.2) is 36.0 Å². The van der Waals surface area contributed by atoms with Gasteiger partial charge in [0.05, 0.1) is 5.57 Å². The largest absolute Gasteiger partial charge is 0.384 e. The molecule has 1 aliphatic heterocycles. The molecule has 2 aromatic carbocycles. The topological polar surface area (TPSA) is 56.4 Å². The fourth-order valence-corrected chi connectivity index (χ4v) is 3.82. The lowest BCUT2D eigenvalue weighted by Gasteiger charge is -2.30. The molecule has 0 unspecified atom stereocenters. The minimum absolute atomic E-state index is 0.0754. The van der Waals surface area contributed by atoms with Gasteiger partial charge in [-0.15, -0.1) is 0 Å². The lowest BCUT2D eigenvalue weighted by atomic mass is 10.1. The number of rotatable bonds is 8. The Labute approximate surface area is 174 Å². The van der Waals surface area contributed by atoms with E-state index < -0.39 is 0 Å². The lowest BCUT2D eigenvalue weighted by Crippen LogP contribution is -2.40. The molecule has 29 heavy (non-hydrogen) atoms. The van der Waals surface area contributed by atoms with Crippen molar-refractivity contribution in [2.24, 2.45) is 0 Å². The van der Waals surface area contributed by atoms with Crippen LogP contribution in [0.1, 0.15) is 38.8 Å². The Kier molecular flexibility index (Phi) is 6.60. The summed E-state index contributed by atoms with van der Waals surface area (Å²) in [6.07, 6.45) is 1.78. The Morgan fingerprint density at radius 3 is 2.48 bits per heavy atom. The minimum atomic E-state index is -0.0754. The van der Waals surface area contributed by atoms with E-state index in [1.165, 1.54) is 5.56 Å². The molecule has 0 saturated carbocycles. The standard InChI is InChI=1S/C24H32N4O/c1-16(2)28(17(3)4)13-12-25-22-11-10-19(14-18(22)5)26-15-21-20-8-6-7-9-23(20)27-24(21)29/h6-11,14-17,25-26H,12-13H2,1-5H3,(H,27,29). The van der Waals surface area contributed by atoms with Gasteiger partial charge in [0, 0.05) is 54.0 Å². The maximum Gasteiger partial charge on any atom is 0.257 e. The van der Waals surface area contributed by atoms with Gasteiger partial charge in [0.2, 0.25) is 0 Å². The first-order chi connectivity index (χ1) is 13.9. The maximum atomic E-state index is 12.2. The highest BCUT2D eigenvalue weighted by Crippen LogP contribution is 2.31. The van der Waals surface area contributed by atoms with Crippen LogP contribution in [0.4, 0.5) is 17.1 Å². The van der Waals surface area contributed by atoms with E-state index in [0.29, 0.717) is 17.7 Å². The molecule has 1 aliphatic rings. The predicted molar refractivity (Wildman–Crippen MR) is 123 cm³/mol. The third-order valence-electron chi connectivity index (χ3n) is 5.33. The second-order valence-corrected chi connectivity index (χ2v) is 8.08. The first kappa shape index (κ1) is 20.9. The van der Waals surface area contributed by atoms with Crippen LogP contribution in [0.5, 0.6) is 0 Å². The van der Waals surface area contributed by atoms with Crippen LogP contribution in [0.15, 0.2) is 48.7 Å². The Hall–Kier alpha value is -2.79. The van der Waals surface area contributed by atoms with Crippen molar-refractivity contribution in [3.63, 3.8) is 0 Å². The van der Waals surface area contributed by atoms with Crippen LogP contribution in [0.25, 0.3) is 5.57 Å². The van der Waals surface area contributed by atoms with Crippen molar-refractivity contribution in [2.45, 2.75) is 46.7 Å². The summed E-state index contributed by atoms with van der Waals surface area (Å²) in [5, 5.41) is 9.71. The molecule has 0 atom stereocenters. The summed E-state index contributed by atoms with van der Waals surface area (Å²) in [4.78, 5) is 14.7. The first-order valence-electron chi connectivity index (χ1n) is 10.3. The van der Waals surface area contributed by atoms with Crippen molar-refractivity contribution in [1.82, 2.24) is 4.90 Å². The number of nitrogens with one attached hydrogen (secondary N) is 3. The van der Waals surface area contributed by atoms with Crippen LogP contribution >= 0.6 is 0 Å². The van der Waals surface area contributed by atoms with Crippen molar-refractivity contribution in [2.75, 3.05) is 29.0 Å². The number of hydrogen-bond donors (Lipinski definition) is 3. The fourth-order valence-electron chi connectivity index (χ4n) is 3.82. The molecule has 154 valence electrons. The van der Waals surface area contributed by atoms with Crippen LogP contribution in [0, 0.1) is 6.92 Å². The second-order valence-electron chi connectivity index (χ2n) is 8.08. The molecule has 2 aromatic rings. The minimum Gasteiger partial charge on any atom is -0.384 e. The molecule has 5 nitrogen and oxygen atoms in total. The van der Waals surface area contributed by atoms with Gasteiger partial charge in [0.25, 0.3) is 5.91 Å². The molecule has 1 heterocycles. The normalized spacial score (nSPS) is 14.6. The van der Waals surface area contributed by atoms with Gasteiger partial charge >= 0.3 is 0 Å². The van der Waals surface area contributed by atoms with Gasteiger partial charge in [-0.25, -0.2) is 0 Å². The Morgan fingerprint density at radius 2 is 1.79 bits per heavy atom. The highest BCUT2D eigenvalue weighted by Gasteiger charge is 2.23. The van der Waals surface area contributed by atoms with Gasteiger partial charge in [-0.2, -0.15) is 0 Å². The molecule has 0 bridgehead atoms. The molecular weight excluding hydrogens is 360 g/mol. The lowest BCUT2D eigenvalue weighted by molar-refractivity contribution is -0.110. The summed E-state index contributed by atoms with van der Waals surface area (Å²) in [5.41, 5.74) is 5.72. The number of anilines is 3. The predicted octanol–water partition coefficient (Wildman–Crippen LogP) is 4.93. The molecule has 0 aliphatic carbocycles. The zero-order valence-electron chi connectivity index (χ0n) is 18.0. The van der Waals surface area contributed by atoms with Crippen molar-refractivity contribution in [3.05, 3.63) is 59.8 Å². The van der Waals surface area contributed by atoms with E-state index in [-0.39, 0.29) is 5.91 Å². The van der Waals surface area contributed by atoms with E-state index >= 15 is 0 Å². The van der Waals surface area contributed by atoms with E-state index in [1.54, 1.807) is 6.20 Å². The highest BCUT2D eigenvalue weighted by molar-refractivity contribution is 6.31. The summed E-state index contributed by atoms with van der Waals surface area (Å²) in [5.74, 6) is -0.0754. The van der Waals surface area contributed by atoms with E-state index in [4.69, 9.17) is 0 Å². The first-order valence-corrected chi connectivity index (χ1v) is 10.3. The van der Waals surface area contributed by atoms with Crippen molar-refractivity contribution >= 4 is 28.5 Å². The van der Waals surface area contributed by atoms with Gasteiger partial charge in [-0.3, -0.25) is 9.69 Å². The van der Waals surface area contributed by atoms with Crippen molar-refractivity contribution in [3.8, 4) is 0 Å². The summed E-state index contributed by atoms with van der Waals surface area (Å²) >= 11 is 0. The molecule has 0 fully saturated rings. The second kappa shape index (κ2) is 9.14. The van der Waals surface area contributed by atoms with Gasteiger partial charge in [0.1, 0.15) is 0 Å². The number of carbonyl (C=O) groups is 1. The van der Waals surface area contributed by atoms with Crippen molar-refractivity contribution in [1.29, 1.82) is 0 Å². The van der Waals surface area contributed by atoms with E-state index in [2.05, 4.69) is 67.6 Å². The maximum absolute atomic E-state index is 12.2. The number of fused-ring (bicyclic) bond motifs is 1. The average molecular weight is 393 g/mol. The quantitative estimate of drug-likeness (QED) is 0.558. The van der Waals surface area contributed by atoms with Crippen LogP contribution < -0.4 is 16.0 Å². The Morgan fingerprint density at radius 1 is 1.07 bits per heavy atom. The number of carbonyl (C=O) groups excluding carboxylic acids is 1. The summed E-state index contributed by atoms with van der Waals surface area (Å²) < 4.78 is 0. The zero-order chi connectivity index (χ0) is 21.0. The summed E-state index contributed by atoms with van der Waals surface area (Å²) in [6.45, 7) is 13.0. The Bertz CT molecular complexity index is 894. The van der Waals surface area contributed by atoms with Crippen LogP contribution in [0.2, 0.25) is 0 Å². The molecular formula is C24H32N4O. The number of amides is 1. The average Bonchev–Trinajstić information content (AvgIpc) is 2.99. The Balaban J connectivity index is 1.62. The molecule has 1 amide bonds. The van der Waals surface area contributed by atoms with E-state index in [0.717, 1.165) is 35.7 Å². The van der Waals surface area contributed by atoms with Gasteiger partial charge in [-0.05, 0) is 64.4 Å². The van der Waals surface area contributed by atoms with Gasteiger partial charge in [-0.1, -0.05) is 18.2 Å². The van der Waals surface area contributed by atoms with Crippen LogP contribution in [-0.2, 0) is 4.79 Å². The summed E-state index contributed by atoms with van der Waals surface area (Å²) in [6, 6.07) is 15.0. The molecule has 0 aromatic heterocycles. The number of nitrogens with zero attached hydrogens (tertiary/aromatic N) is 1. The number of benzene rings is 2. The molecule has 3 N–H and O–H groups in total. The SMILES string of the molecule is Cc1cc(NC=C2C(=O)Nc3ccccc32)ccc1NCCN(C(C)C)C(C)C. The van der Waals surface area contributed by atoms with Gasteiger partial charge < -0.3 is 16.0 Å². The van der Waals surface area contributed by atoms with Crippen molar-refractivity contribution < 1.29 is 4.79 Å². The van der Waals surface area contributed by atoms with E-state index in [9.17, 15) is 4.79 Å². The zero-order valence-corrected chi connectivity index (χ0v) is 18.0. The van der Waals surface area contributed by atoms with Crippen LogP contribution in [0.3, 0.4) is 0 Å². The summed E-state index contributed by atoms with van der Waals surface area (Å²) in [7, 11) is 0. The molecule has 0 spiro atoms. The molecule has 3 rings (SSSR count). The van der Waals surface area contributed by atoms with Gasteiger partial charge in [0.15, 0.2) is 0 Å². The highest BCUT2D eigenvalue weighted by atomic mass is 16.2. The monoisotopic (exact) mass is 392 g/mol. The van der Waals surface area contributed by atoms with E-state index in [1.807, 2.05) is 30.3 Å². The number of para-hydroxylation sites is 1. The fraction of sp³-hybridized carbons (Fsp3) is 0.375. The molecule has 0 saturated heterocycles. The molecule has 5 heteroatoms.